The van der Waals surface area contributed by atoms with Crippen LogP contribution >= 0.6 is 0 Å². The Morgan fingerprint density at radius 1 is 0.870 bits per heavy atom. The van der Waals surface area contributed by atoms with Gasteiger partial charge in [0.2, 0.25) is 0 Å². The molecule has 0 bridgehead atoms. The number of ether oxygens (including phenoxy) is 1. The third kappa shape index (κ3) is 2.30. The molecular weight excluding hydrogens is 284 g/mol. The van der Waals surface area contributed by atoms with Crippen LogP contribution in [-0.4, -0.2) is 12.1 Å². The van der Waals surface area contributed by atoms with Crippen LogP contribution in [0.2, 0.25) is 0 Å². The maximum atomic E-state index is 11.5. The number of carbonyl (C=O) groups excluding carboxylic acids is 1. The van der Waals surface area contributed by atoms with E-state index in [1.807, 2.05) is 0 Å². The zero-order valence-electron chi connectivity index (χ0n) is 15.3. The third-order valence-corrected chi connectivity index (χ3v) is 8.80. The van der Waals surface area contributed by atoms with Crippen molar-refractivity contribution in [3.05, 3.63) is 0 Å². The van der Waals surface area contributed by atoms with Crippen LogP contribution in [0.15, 0.2) is 0 Å². The van der Waals surface area contributed by atoms with Crippen molar-refractivity contribution < 1.29 is 9.53 Å². The summed E-state index contributed by atoms with van der Waals surface area (Å²) in [5.74, 6) is 3.55. The molecule has 4 aliphatic rings. The second-order valence-corrected chi connectivity index (χ2v) is 9.62. The van der Waals surface area contributed by atoms with Crippen LogP contribution in [0.25, 0.3) is 0 Å². The molecule has 4 fully saturated rings. The first-order valence-corrected chi connectivity index (χ1v) is 10.1. The Balaban J connectivity index is 1.59. The van der Waals surface area contributed by atoms with E-state index < -0.39 is 0 Å². The Hall–Kier alpha value is -0.530. The minimum Gasteiger partial charge on any atom is -0.462 e. The number of rotatable bonds is 1. The molecule has 0 heterocycles. The predicted octanol–water partition coefficient (Wildman–Crippen LogP) is 5.35. The average molecular weight is 319 g/mol. The van der Waals surface area contributed by atoms with Crippen LogP contribution in [0.3, 0.4) is 0 Å². The summed E-state index contributed by atoms with van der Waals surface area (Å²) in [6.07, 6.45) is 14.0. The summed E-state index contributed by atoms with van der Waals surface area (Å²) in [6.45, 7) is 6.65. The molecule has 0 aromatic heterocycles. The zero-order chi connectivity index (χ0) is 16.2. The van der Waals surface area contributed by atoms with Gasteiger partial charge in [-0.3, -0.25) is 4.79 Å². The van der Waals surface area contributed by atoms with E-state index in [9.17, 15) is 4.79 Å². The summed E-state index contributed by atoms with van der Waals surface area (Å²) in [7, 11) is 0. The SMILES string of the molecule is CC(=O)O[C@@H]1CCC2C3CCC4CCCCC4(C)C3CCC21C. The molecule has 0 aliphatic heterocycles. The smallest absolute Gasteiger partial charge is 0.302 e. The minimum absolute atomic E-state index is 0.0815. The van der Waals surface area contributed by atoms with Crippen molar-refractivity contribution >= 4 is 5.97 Å². The molecule has 2 nitrogen and oxygen atoms in total. The van der Waals surface area contributed by atoms with Crippen LogP contribution < -0.4 is 0 Å². The topological polar surface area (TPSA) is 26.3 Å². The fourth-order valence-electron chi connectivity index (χ4n) is 7.64. The van der Waals surface area contributed by atoms with Crippen molar-refractivity contribution in [2.45, 2.75) is 91.1 Å². The molecule has 0 aromatic rings. The van der Waals surface area contributed by atoms with Crippen molar-refractivity contribution in [3.8, 4) is 0 Å². The number of esters is 1. The quantitative estimate of drug-likeness (QED) is 0.609. The standard InChI is InChI=1S/C21H34O2/c1-14(22)23-19-10-9-17-16-8-7-15-6-4-5-12-20(15,2)18(16)11-13-21(17,19)3/h15-19H,4-13H2,1-3H3/t15?,16?,17?,18?,19-,20?,21?/m1/s1. The van der Waals surface area contributed by atoms with Crippen molar-refractivity contribution in [1.29, 1.82) is 0 Å². The third-order valence-electron chi connectivity index (χ3n) is 8.80. The van der Waals surface area contributed by atoms with Gasteiger partial charge in [-0.15, -0.1) is 0 Å². The van der Waals surface area contributed by atoms with Gasteiger partial charge in [-0.25, -0.2) is 0 Å². The number of hydrogen-bond acceptors (Lipinski definition) is 2. The van der Waals surface area contributed by atoms with E-state index >= 15 is 0 Å². The molecular formula is C21H34O2. The number of carbonyl (C=O) groups is 1. The monoisotopic (exact) mass is 318 g/mol. The first-order valence-electron chi connectivity index (χ1n) is 10.1. The lowest BCUT2D eigenvalue weighted by Gasteiger charge is -2.60. The number of fused-ring (bicyclic) bond motifs is 5. The van der Waals surface area contributed by atoms with Gasteiger partial charge in [0.15, 0.2) is 0 Å². The Bertz CT molecular complexity index is 486. The summed E-state index contributed by atoms with van der Waals surface area (Å²) >= 11 is 0. The van der Waals surface area contributed by atoms with Gasteiger partial charge < -0.3 is 4.74 Å². The molecule has 2 heteroatoms. The van der Waals surface area contributed by atoms with Crippen LogP contribution in [0.1, 0.15) is 85.0 Å². The first-order chi connectivity index (χ1) is 10.9. The molecule has 0 N–H and O–H groups in total. The molecule has 4 saturated carbocycles. The van der Waals surface area contributed by atoms with Gasteiger partial charge in [0, 0.05) is 12.3 Å². The van der Waals surface area contributed by atoms with E-state index in [2.05, 4.69) is 13.8 Å². The van der Waals surface area contributed by atoms with Crippen molar-refractivity contribution in [2.75, 3.05) is 0 Å². The largest absolute Gasteiger partial charge is 0.462 e. The summed E-state index contributed by atoms with van der Waals surface area (Å²) < 4.78 is 5.76. The normalized spacial score (nSPS) is 52.2. The van der Waals surface area contributed by atoms with Gasteiger partial charge >= 0.3 is 5.97 Å². The molecule has 23 heavy (non-hydrogen) atoms. The molecule has 4 rings (SSSR count). The molecule has 0 spiro atoms. The van der Waals surface area contributed by atoms with E-state index in [1.54, 1.807) is 6.92 Å². The lowest BCUT2D eigenvalue weighted by atomic mass is 9.45. The van der Waals surface area contributed by atoms with Crippen LogP contribution in [0.5, 0.6) is 0 Å². The van der Waals surface area contributed by atoms with E-state index in [0.29, 0.717) is 5.41 Å². The highest BCUT2D eigenvalue weighted by atomic mass is 16.5. The molecule has 130 valence electrons. The molecule has 0 aromatic carbocycles. The van der Waals surface area contributed by atoms with Crippen molar-refractivity contribution in [2.24, 2.45) is 34.5 Å². The van der Waals surface area contributed by atoms with E-state index in [1.165, 1.54) is 57.8 Å². The van der Waals surface area contributed by atoms with Gasteiger partial charge in [-0.1, -0.05) is 26.7 Å². The maximum absolute atomic E-state index is 11.5. The summed E-state index contributed by atoms with van der Waals surface area (Å²) in [5, 5.41) is 0. The summed E-state index contributed by atoms with van der Waals surface area (Å²) in [6, 6.07) is 0. The Morgan fingerprint density at radius 2 is 1.65 bits per heavy atom. The Labute approximate surface area is 141 Å². The van der Waals surface area contributed by atoms with E-state index in [4.69, 9.17) is 4.74 Å². The van der Waals surface area contributed by atoms with Crippen LogP contribution in [0, 0.1) is 34.5 Å². The molecule has 4 aliphatic carbocycles. The van der Waals surface area contributed by atoms with Gasteiger partial charge in [0.1, 0.15) is 6.10 Å². The molecule has 0 radical (unpaired) electrons. The molecule has 6 unspecified atom stereocenters. The second-order valence-electron chi connectivity index (χ2n) is 9.62. The first kappa shape index (κ1) is 16.0. The van der Waals surface area contributed by atoms with E-state index in [0.717, 1.165) is 30.1 Å². The van der Waals surface area contributed by atoms with Gasteiger partial charge in [0.25, 0.3) is 0 Å². The zero-order valence-corrected chi connectivity index (χ0v) is 15.3. The fraction of sp³-hybridized carbons (Fsp3) is 0.952. The molecule has 0 amide bonds. The minimum atomic E-state index is -0.0815. The maximum Gasteiger partial charge on any atom is 0.302 e. The van der Waals surface area contributed by atoms with Crippen LogP contribution in [0.4, 0.5) is 0 Å². The van der Waals surface area contributed by atoms with Crippen molar-refractivity contribution in [1.82, 2.24) is 0 Å². The van der Waals surface area contributed by atoms with Crippen LogP contribution in [-0.2, 0) is 9.53 Å². The Kier molecular flexibility index (Phi) is 3.81. The van der Waals surface area contributed by atoms with Crippen molar-refractivity contribution in [3.63, 3.8) is 0 Å². The van der Waals surface area contributed by atoms with E-state index in [-0.39, 0.29) is 17.5 Å². The lowest BCUT2D eigenvalue weighted by molar-refractivity contribution is -0.161. The Morgan fingerprint density at radius 3 is 2.43 bits per heavy atom. The highest BCUT2D eigenvalue weighted by molar-refractivity contribution is 5.66. The predicted molar refractivity (Wildman–Crippen MR) is 91.9 cm³/mol. The highest BCUT2D eigenvalue weighted by Gasteiger charge is 2.60. The second kappa shape index (κ2) is 5.49. The highest BCUT2D eigenvalue weighted by Crippen LogP contribution is 2.66. The van der Waals surface area contributed by atoms with Gasteiger partial charge in [-0.2, -0.15) is 0 Å². The van der Waals surface area contributed by atoms with Gasteiger partial charge in [0.05, 0.1) is 0 Å². The summed E-state index contributed by atoms with van der Waals surface area (Å²) in [5.41, 5.74) is 0.868. The number of hydrogen-bond donors (Lipinski definition) is 0. The fourth-order valence-corrected chi connectivity index (χ4v) is 7.64. The average Bonchev–Trinajstić information content (AvgIpc) is 2.83. The lowest BCUT2D eigenvalue weighted by Crippen LogP contribution is -2.53. The molecule has 7 atom stereocenters. The summed E-state index contributed by atoms with van der Waals surface area (Å²) in [4.78, 5) is 11.5. The molecule has 0 saturated heterocycles. The van der Waals surface area contributed by atoms with Gasteiger partial charge in [-0.05, 0) is 80.5 Å².